The fraction of sp³-hybridized carbons (Fsp3) is 0.267. The molecule has 0 aliphatic rings. The molecule has 0 radical (unpaired) electrons. The molecule has 0 bridgehead atoms. The molecule has 0 spiro atoms. The van der Waals surface area contributed by atoms with E-state index in [2.05, 4.69) is 10.5 Å². The number of hydrogen-bond acceptors (Lipinski definition) is 4. The van der Waals surface area contributed by atoms with Gasteiger partial charge in [0.15, 0.2) is 11.5 Å². The Morgan fingerprint density at radius 1 is 1.29 bits per heavy atom. The second kappa shape index (κ2) is 6.54. The van der Waals surface area contributed by atoms with Gasteiger partial charge < -0.3 is 9.84 Å². The van der Waals surface area contributed by atoms with Crippen molar-refractivity contribution in [1.82, 2.24) is 10.5 Å². The van der Waals surface area contributed by atoms with Crippen LogP contribution < -0.4 is 5.32 Å². The van der Waals surface area contributed by atoms with Crippen molar-refractivity contribution in [3.05, 3.63) is 51.9 Å². The number of hydrogen-bond donors (Lipinski definition) is 1. The van der Waals surface area contributed by atoms with Gasteiger partial charge in [-0.15, -0.1) is 0 Å². The number of carbonyl (C=O) groups excluding carboxylic acids is 2. The summed E-state index contributed by atoms with van der Waals surface area (Å²) >= 11 is 5.79. The SMILES string of the molecule is CCc1noc(CC(=O)c2ccc(Cl)cc2)c1C(=O)NC. The first-order valence-corrected chi connectivity index (χ1v) is 6.92. The van der Waals surface area contributed by atoms with E-state index in [9.17, 15) is 9.59 Å². The summed E-state index contributed by atoms with van der Waals surface area (Å²) in [6.07, 6.45) is 0.540. The molecule has 0 fully saturated rings. The number of aromatic nitrogens is 1. The Balaban J connectivity index is 2.27. The Morgan fingerprint density at radius 2 is 1.95 bits per heavy atom. The van der Waals surface area contributed by atoms with Gasteiger partial charge in [-0.05, 0) is 30.7 Å². The molecule has 0 atom stereocenters. The third-order valence-corrected chi connectivity index (χ3v) is 3.36. The maximum Gasteiger partial charge on any atom is 0.256 e. The Kier molecular flexibility index (Phi) is 4.75. The second-order valence-electron chi connectivity index (χ2n) is 4.47. The predicted molar refractivity (Wildman–Crippen MR) is 78.8 cm³/mol. The van der Waals surface area contributed by atoms with Gasteiger partial charge in [0.1, 0.15) is 5.56 Å². The van der Waals surface area contributed by atoms with Crippen molar-refractivity contribution in [3.63, 3.8) is 0 Å². The lowest BCUT2D eigenvalue weighted by atomic mass is 10.0. The van der Waals surface area contributed by atoms with E-state index < -0.39 is 0 Å². The molecule has 0 saturated carbocycles. The Morgan fingerprint density at radius 3 is 2.52 bits per heavy atom. The molecule has 0 saturated heterocycles. The monoisotopic (exact) mass is 306 g/mol. The molecule has 1 amide bonds. The molecule has 0 aliphatic carbocycles. The van der Waals surface area contributed by atoms with Crippen molar-refractivity contribution >= 4 is 23.3 Å². The molecule has 1 heterocycles. The van der Waals surface area contributed by atoms with Crippen LogP contribution in [0.25, 0.3) is 0 Å². The Bertz CT molecular complexity index is 662. The van der Waals surface area contributed by atoms with Crippen molar-refractivity contribution < 1.29 is 14.1 Å². The number of Topliss-reactive ketones (excluding diaryl/α,β-unsaturated/α-hetero) is 1. The zero-order chi connectivity index (χ0) is 15.4. The fourth-order valence-corrected chi connectivity index (χ4v) is 2.12. The third kappa shape index (κ3) is 3.31. The number of amides is 1. The number of rotatable bonds is 5. The standard InChI is InChI=1S/C15H15ClN2O3/c1-3-11-14(15(20)17-2)13(21-18-11)8-12(19)9-4-6-10(16)7-5-9/h4-7H,3,8H2,1-2H3,(H,17,20). The van der Waals surface area contributed by atoms with Gasteiger partial charge in [-0.2, -0.15) is 0 Å². The largest absolute Gasteiger partial charge is 0.360 e. The van der Waals surface area contributed by atoms with Gasteiger partial charge in [0.2, 0.25) is 0 Å². The molecule has 1 N–H and O–H groups in total. The summed E-state index contributed by atoms with van der Waals surface area (Å²) in [4.78, 5) is 24.1. The molecular formula is C15H15ClN2O3. The second-order valence-corrected chi connectivity index (χ2v) is 4.90. The van der Waals surface area contributed by atoms with Gasteiger partial charge in [0.05, 0.1) is 12.1 Å². The summed E-state index contributed by atoms with van der Waals surface area (Å²) in [6.45, 7) is 1.87. The average Bonchev–Trinajstić information content (AvgIpc) is 2.89. The maximum absolute atomic E-state index is 12.2. The van der Waals surface area contributed by atoms with Gasteiger partial charge in [0, 0.05) is 17.6 Å². The molecule has 110 valence electrons. The van der Waals surface area contributed by atoms with Gasteiger partial charge in [-0.25, -0.2) is 0 Å². The summed E-state index contributed by atoms with van der Waals surface area (Å²) in [5.41, 5.74) is 1.41. The first kappa shape index (κ1) is 15.3. The van der Waals surface area contributed by atoms with Crippen molar-refractivity contribution in [2.75, 3.05) is 7.05 Å². The summed E-state index contributed by atoms with van der Waals surface area (Å²) < 4.78 is 5.17. The molecule has 6 heteroatoms. The lowest BCUT2D eigenvalue weighted by molar-refractivity contribution is 0.0959. The van der Waals surface area contributed by atoms with Crippen LogP contribution >= 0.6 is 11.6 Å². The molecule has 1 aromatic heterocycles. The minimum atomic E-state index is -0.299. The van der Waals surface area contributed by atoms with E-state index in [0.29, 0.717) is 28.3 Å². The quantitative estimate of drug-likeness (QED) is 0.862. The highest BCUT2D eigenvalue weighted by Gasteiger charge is 2.23. The Labute approximate surface area is 127 Å². The van der Waals surface area contributed by atoms with E-state index in [1.807, 2.05) is 6.92 Å². The molecule has 5 nitrogen and oxygen atoms in total. The molecular weight excluding hydrogens is 292 g/mol. The van der Waals surface area contributed by atoms with Crippen LogP contribution in [0.4, 0.5) is 0 Å². The topological polar surface area (TPSA) is 72.2 Å². The van der Waals surface area contributed by atoms with Crippen molar-refractivity contribution in [1.29, 1.82) is 0 Å². The highest BCUT2D eigenvalue weighted by molar-refractivity contribution is 6.30. The highest BCUT2D eigenvalue weighted by atomic mass is 35.5. The van der Waals surface area contributed by atoms with Gasteiger partial charge in [-0.1, -0.05) is 23.7 Å². The number of halogens is 1. The number of carbonyl (C=O) groups is 2. The van der Waals surface area contributed by atoms with Crippen LogP contribution in [0.1, 0.15) is 39.1 Å². The molecule has 2 aromatic rings. The number of aryl methyl sites for hydroxylation is 1. The Hall–Kier alpha value is -2.14. The average molecular weight is 307 g/mol. The maximum atomic E-state index is 12.2. The number of nitrogens with one attached hydrogen (secondary N) is 1. The summed E-state index contributed by atoms with van der Waals surface area (Å²) in [6, 6.07) is 6.57. The molecule has 1 aromatic carbocycles. The van der Waals surface area contributed by atoms with E-state index in [0.717, 1.165) is 0 Å². The minimum absolute atomic E-state index is 0.0165. The fourth-order valence-electron chi connectivity index (χ4n) is 1.99. The molecule has 0 unspecified atom stereocenters. The van der Waals surface area contributed by atoms with Crippen LogP contribution in [0.2, 0.25) is 5.02 Å². The van der Waals surface area contributed by atoms with Crippen LogP contribution in [0, 0.1) is 0 Å². The van der Waals surface area contributed by atoms with Crippen LogP contribution in [0.5, 0.6) is 0 Å². The van der Waals surface area contributed by atoms with Crippen molar-refractivity contribution in [2.24, 2.45) is 0 Å². The molecule has 2 rings (SSSR count). The normalized spacial score (nSPS) is 10.4. The summed E-state index contributed by atoms with van der Waals surface area (Å²) in [5, 5.41) is 6.95. The van der Waals surface area contributed by atoms with Gasteiger partial charge in [-0.3, -0.25) is 9.59 Å². The van der Waals surface area contributed by atoms with Crippen LogP contribution in [-0.2, 0) is 12.8 Å². The number of ketones is 1. The highest BCUT2D eigenvalue weighted by Crippen LogP contribution is 2.18. The lowest BCUT2D eigenvalue weighted by Crippen LogP contribution is -2.21. The van der Waals surface area contributed by atoms with Crippen molar-refractivity contribution in [2.45, 2.75) is 19.8 Å². The number of benzene rings is 1. The van der Waals surface area contributed by atoms with E-state index in [-0.39, 0.29) is 23.9 Å². The predicted octanol–water partition coefficient (Wildman–Crippen LogP) is 2.68. The third-order valence-electron chi connectivity index (χ3n) is 3.11. The lowest BCUT2D eigenvalue weighted by Gasteiger charge is -2.02. The van der Waals surface area contributed by atoms with Crippen LogP contribution in [-0.4, -0.2) is 23.9 Å². The molecule has 21 heavy (non-hydrogen) atoms. The van der Waals surface area contributed by atoms with E-state index >= 15 is 0 Å². The van der Waals surface area contributed by atoms with Gasteiger partial charge >= 0.3 is 0 Å². The van der Waals surface area contributed by atoms with Crippen LogP contribution in [0.3, 0.4) is 0 Å². The van der Waals surface area contributed by atoms with Gasteiger partial charge in [0.25, 0.3) is 5.91 Å². The van der Waals surface area contributed by atoms with Crippen LogP contribution in [0.15, 0.2) is 28.8 Å². The summed E-state index contributed by atoms with van der Waals surface area (Å²) in [5.74, 6) is -0.172. The van der Waals surface area contributed by atoms with E-state index in [1.165, 1.54) is 7.05 Å². The number of nitrogens with zero attached hydrogens (tertiary/aromatic N) is 1. The zero-order valence-corrected chi connectivity index (χ0v) is 12.5. The summed E-state index contributed by atoms with van der Waals surface area (Å²) in [7, 11) is 1.53. The van der Waals surface area contributed by atoms with E-state index in [1.54, 1.807) is 24.3 Å². The first-order valence-electron chi connectivity index (χ1n) is 6.55. The smallest absolute Gasteiger partial charge is 0.256 e. The minimum Gasteiger partial charge on any atom is -0.360 e. The zero-order valence-electron chi connectivity index (χ0n) is 11.8. The molecule has 0 aliphatic heterocycles. The van der Waals surface area contributed by atoms with Crippen molar-refractivity contribution in [3.8, 4) is 0 Å². The van der Waals surface area contributed by atoms with E-state index in [4.69, 9.17) is 16.1 Å². The first-order chi connectivity index (χ1) is 10.1.